The van der Waals surface area contributed by atoms with Gasteiger partial charge in [-0.15, -0.1) is 11.8 Å². The predicted octanol–water partition coefficient (Wildman–Crippen LogP) is 3.58. The van der Waals surface area contributed by atoms with Crippen LogP contribution in [0.2, 0.25) is 0 Å². The Morgan fingerprint density at radius 2 is 1.59 bits per heavy atom. The van der Waals surface area contributed by atoms with Crippen LogP contribution in [0.1, 0.15) is 30.9 Å². The number of amides is 1. The maximum Gasteiger partial charge on any atom is 0.233 e. The normalized spacial score (nSPS) is 15.6. The van der Waals surface area contributed by atoms with Gasteiger partial charge >= 0.3 is 0 Å². The van der Waals surface area contributed by atoms with Gasteiger partial charge in [-0.1, -0.05) is 56.3 Å². The fourth-order valence-corrected chi connectivity index (χ4v) is 5.59. The quantitative estimate of drug-likeness (QED) is 0.628. The Morgan fingerprint density at radius 3 is 2.17 bits per heavy atom. The molecule has 1 aliphatic heterocycles. The first-order valence-electron chi connectivity index (χ1n) is 9.87. The Morgan fingerprint density at radius 1 is 0.966 bits per heavy atom. The zero-order valence-corrected chi connectivity index (χ0v) is 18.6. The zero-order valence-electron chi connectivity index (χ0n) is 17.0. The van der Waals surface area contributed by atoms with Crippen LogP contribution in [0, 0.1) is 0 Å². The maximum atomic E-state index is 12.6. The van der Waals surface area contributed by atoms with Gasteiger partial charge in [0.25, 0.3) is 0 Å². The molecule has 1 aliphatic rings. The number of benzene rings is 2. The first-order valence-corrected chi connectivity index (χ1v) is 12.5. The van der Waals surface area contributed by atoms with Crippen molar-refractivity contribution in [2.24, 2.45) is 0 Å². The largest absolute Gasteiger partial charge is 0.339 e. The van der Waals surface area contributed by atoms with Crippen LogP contribution in [-0.2, 0) is 20.6 Å². The molecule has 156 valence electrons. The maximum absolute atomic E-state index is 12.6. The van der Waals surface area contributed by atoms with E-state index in [1.807, 2.05) is 30.3 Å². The van der Waals surface area contributed by atoms with Gasteiger partial charge in [0, 0.05) is 31.1 Å². The minimum absolute atomic E-state index is 0.00398. The summed E-state index contributed by atoms with van der Waals surface area (Å²) in [6, 6.07) is 17.5. The van der Waals surface area contributed by atoms with Crippen LogP contribution in [-0.4, -0.2) is 55.5 Å². The highest BCUT2D eigenvalue weighted by Gasteiger charge is 2.28. The molecule has 0 atom stereocenters. The molecule has 0 aromatic heterocycles. The Balaban J connectivity index is 1.47. The van der Waals surface area contributed by atoms with Gasteiger partial charge in [0.15, 0.2) is 0 Å². The van der Waals surface area contributed by atoms with Crippen molar-refractivity contribution in [1.29, 1.82) is 0 Å². The molecule has 1 heterocycles. The number of sulfonamides is 1. The molecule has 1 fully saturated rings. The molecule has 2 aromatic carbocycles. The molecular formula is C22H28N2O3S2. The minimum atomic E-state index is -3.36. The molecular weight excluding hydrogens is 404 g/mol. The minimum Gasteiger partial charge on any atom is -0.339 e. The van der Waals surface area contributed by atoms with Gasteiger partial charge in [-0.3, -0.25) is 4.79 Å². The van der Waals surface area contributed by atoms with E-state index in [2.05, 4.69) is 38.1 Å². The second-order valence-electron chi connectivity index (χ2n) is 7.53. The first kappa shape index (κ1) is 21.9. The fourth-order valence-electron chi connectivity index (χ4n) is 3.28. The summed E-state index contributed by atoms with van der Waals surface area (Å²) in [4.78, 5) is 15.4. The Bertz CT molecular complexity index is 905. The number of hydrogen-bond acceptors (Lipinski definition) is 4. The lowest BCUT2D eigenvalue weighted by molar-refractivity contribution is -0.129. The highest BCUT2D eigenvalue weighted by molar-refractivity contribution is 8.00. The number of carbonyl (C=O) groups is 1. The van der Waals surface area contributed by atoms with E-state index in [-0.39, 0.29) is 11.7 Å². The van der Waals surface area contributed by atoms with E-state index in [0.29, 0.717) is 37.8 Å². The highest BCUT2D eigenvalue weighted by Crippen LogP contribution is 2.22. The fraction of sp³-hybridized carbons (Fsp3) is 0.409. The van der Waals surface area contributed by atoms with Crippen LogP contribution in [0.25, 0.3) is 0 Å². The standard InChI is InChI=1S/C22H28N2O3S2/c1-18(2)20-8-10-21(11-9-20)28-16-22(25)23-12-14-24(15-13-23)29(26,27)17-19-6-4-3-5-7-19/h3-11,18H,12-17H2,1-2H3. The van der Waals surface area contributed by atoms with Crippen molar-refractivity contribution in [3.8, 4) is 0 Å². The van der Waals surface area contributed by atoms with Crippen LogP contribution in [0.3, 0.4) is 0 Å². The third-order valence-corrected chi connectivity index (χ3v) is 7.93. The van der Waals surface area contributed by atoms with Crippen molar-refractivity contribution in [1.82, 2.24) is 9.21 Å². The van der Waals surface area contributed by atoms with Crippen molar-refractivity contribution < 1.29 is 13.2 Å². The van der Waals surface area contributed by atoms with Gasteiger partial charge in [-0.05, 0) is 29.2 Å². The predicted molar refractivity (Wildman–Crippen MR) is 118 cm³/mol. The van der Waals surface area contributed by atoms with Gasteiger partial charge in [0.05, 0.1) is 11.5 Å². The number of nitrogens with zero attached hydrogens (tertiary/aromatic N) is 2. The lowest BCUT2D eigenvalue weighted by Crippen LogP contribution is -2.51. The average molecular weight is 433 g/mol. The molecule has 0 spiro atoms. The third-order valence-electron chi connectivity index (χ3n) is 5.09. The van der Waals surface area contributed by atoms with E-state index in [1.165, 1.54) is 21.6 Å². The SMILES string of the molecule is CC(C)c1ccc(SCC(=O)N2CCN(S(=O)(=O)Cc3ccccc3)CC2)cc1. The van der Waals surface area contributed by atoms with Crippen LogP contribution in [0.4, 0.5) is 0 Å². The van der Waals surface area contributed by atoms with Crippen molar-refractivity contribution in [2.45, 2.75) is 30.4 Å². The molecule has 5 nitrogen and oxygen atoms in total. The number of piperazine rings is 1. The Hall–Kier alpha value is -1.83. The molecule has 29 heavy (non-hydrogen) atoms. The number of thioether (sulfide) groups is 1. The van der Waals surface area contributed by atoms with Crippen LogP contribution in [0.15, 0.2) is 59.5 Å². The third kappa shape index (κ3) is 6.07. The van der Waals surface area contributed by atoms with Crippen LogP contribution < -0.4 is 0 Å². The molecule has 0 radical (unpaired) electrons. The summed E-state index contributed by atoms with van der Waals surface area (Å²) in [5.41, 5.74) is 2.07. The van der Waals surface area contributed by atoms with E-state index in [0.717, 1.165) is 10.5 Å². The highest BCUT2D eigenvalue weighted by atomic mass is 32.2. The monoisotopic (exact) mass is 432 g/mol. The number of rotatable bonds is 7. The van der Waals surface area contributed by atoms with Crippen molar-refractivity contribution in [3.05, 3.63) is 65.7 Å². The van der Waals surface area contributed by atoms with Gasteiger partial charge in [-0.2, -0.15) is 4.31 Å². The van der Waals surface area contributed by atoms with E-state index < -0.39 is 10.0 Å². The second kappa shape index (κ2) is 9.78. The molecule has 0 unspecified atom stereocenters. The van der Waals surface area contributed by atoms with E-state index in [9.17, 15) is 13.2 Å². The molecule has 0 bridgehead atoms. The summed E-state index contributed by atoms with van der Waals surface area (Å²) in [5, 5.41) is 0. The summed E-state index contributed by atoms with van der Waals surface area (Å²) in [6.07, 6.45) is 0. The van der Waals surface area contributed by atoms with Gasteiger partial charge in [0.2, 0.25) is 15.9 Å². The molecule has 0 N–H and O–H groups in total. The van der Waals surface area contributed by atoms with Gasteiger partial charge < -0.3 is 4.90 Å². The van der Waals surface area contributed by atoms with Crippen molar-refractivity contribution in [2.75, 3.05) is 31.9 Å². The molecule has 2 aromatic rings. The lowest BCUT2D eigenvalue weighted by Gasteiger charge is -2.34. The summed E-state index contributed by atoms with van der Waals surface area (Å²) in [5.74, 6) is 0.926. The summed E-state index contributed by atoms with van der Waals surface area (Å²) in [6.45, 7) is 5.92. The Labute approximate surface area is 178 Å². The number of hydrogen-bond donors (Lipinski definition) is 0. The smallest absolute Gasteiger partial charge is 0.233 e. The topological polar surface area (TPSA) is 57.7 Å². The van der Waals surface area contributed by atoms with E-state index in [4.69, 9.17) is 0 Å². The first-order chi connectivity index (χ1) is 13.8. The lowest BCUT2D eigenvalue weighted by atomic mass is 10.0. The van der Waals surface area contributed by atoms with E-state index in [1.54, 1.807) is 4.90 Å². The van der Waals surface area contributed by atoms with Crippen LogP contribution >= 0.6 is 11.8 Å². The Kier molecular flexibility index (Phi) is 7.38. The summed E-state index contributed by atoms with van der Waals surface area (Å²) >= 11 is 1.53. The molecule has 7 heteroatoms. The van der Waals surface area contributed by atoms with Crippen LogP contribution in [0.5, 0.6) is 0 Å². The molecule has 3 rings (SSSR count). The number of carbonyl (C=O) groups excluding carboxylic acids is 1. The molecule has 1 amide bonds. The summed E-state index contributed by atoms with van der Waals surface area (Å²) in [7, 11) is -3.36. The zero-order chi connectivity index (χ0) is 20.9. The van der Waals surface area contributed by atoms with E-state index >= 15 is 0 Å². The molecule has 1 saturated heterocycles. The second-order valence-corrected chi connectivity index (χ2v) is 10.6. The summed E-state index contributed by atoms with van der Waals surface area (Å²) < 4.78 is 26.8. The molecule has 0 aliphatic carbocycles. The van der Waals surface area contributed by atoms with Gasteiger partial charge in [-0.25, -0.2) is 8.42 Å². The van der Waals surface area contributed by atoms with Crippen molar-refractivity contribution in [3.63, 3.8) is 0 Å². The van der Waals surface area contributed by atoms with Crippen molar-refractivity contribution >= 4 is 27.7 Å². The average Bonchev–Trinajstić information content (AvgIpc) is 2.73. The van der Waals surface area contributed by atoms with Gasteiger partial charge in [0.1, 0.15) is 0 Å². The molecule has 0 saturated carbocycles.